The molecule has 0 saturated heterocycles. The molecule has 0 spiro atoms. The van der Waals surface area contributed by atoms with Crippen LogP contribution in [0.4, 0.5) is 10.5 Å². The van der Waals surface area contributed by atoms with Gasteiger partial charge in [-0.1, -0.05) is 25.4 Å². The van der Waals surface area contributed by atoms with Gasteiger partial charge in [0.05, 0.1) is 23.2 Å². The Labute approximate surface area is 123 Å². The fourth-order valence-corrected chi connectivity index (χ4v) is 2.01. The summed E-state index contributed by atoms with van der Waals surface area (Å²) in [5, 5.41) is 23.6. The van der Waals surface area contributed by atoms with E-state index in [1.165, 1.54) is 12.1 Å². The van der Waals surface area contributed by atoms with Crippen molar-refractivity contribution < 1.29 is 9.90 Å². The average molecular weight is 296 g/mol. The SMILES string of the molecule is CC(C)CC(CO)NC(=O)Nc1ccc(C#N)c(Cl)c1. The number of amides is 2. The maximum atomic E-state index is 11.8. The summed E-state index contributed by atoms with van der Waals surface area (Å²) in [7, 11) is 0. The third-order valence-corrected chi connectivity index (χ3v) is 2.97. The lowest BCUT2D eigenvalue weighted by molar-refractivity contribution is 0.214. The molecule has 6 heteroatoms. The highest BCUT2D eigenvalue weighted by molar-refractivity contribution is 6.32. The topological polar surface area (TPSA) is 85.2 Å². The zero-order valence-corrected chi connectivity index (χ0v) is 12.2. The summed E-state index contributed by atoms with van der Waals surface area (Å²) in [6, 6.07) is 5.89. The summed E-state index contributed by atoms with van der Waals surface area (Å²) >= 11 is 5.88. The first-order valence-electron chi connectivity index (χ1n) is 6.34. The van der Waals surface area contributed by atoms with Crippen molar-refractivity contribution in [3.05, 3.63) is 28.8 Å². The van der Waals surface area contributed by atoms with Crippen molar-refractivity contribution in [2.75, 3.05) is 11.9 Å². The smallest absolute Gasteiger partial charge is 0.319 e. The molecule has 1 aromatic carbocycles. The van der Waals surface area contributed by atoms with Crippen LogP contribution in [-0.2, 0) is 0 Å². The van der Waals surface area contributed by atoms with Gasteiger partial charge < -0.3 is 15.7 Å². The predicted molar refractivity (Wildman–Crippen MR) is 78.7 cm³/mol. The van der Waals surface area contributed by atoms with Crippen LogP contribution in [0.5, 0.6) is 0 Å². The van der Waals surface area contributed by atoms with E-state index >= 15 is 0 Å². The number of nitrogens with zero attached hydrogens (tertiary/aromatic N) is 1. The molecule has 0 bridgehead atoms. The van der Waals surface area contributed by atoms with Crippen molar-refractivity contribution in [1.29, 1.82) is 5.26 Å². The zero-order chi connectivity index (χ0) is 15.1. The summed E-state index contributed by atoms with van der Waals surface area (Å²) in [5.41, 5.74) is 0.846. The van der Waals surface area contributed by atoms with Crippen molar-refractivity contribution in [3.63, 3.8) is 0 Å². The van der Waals surface area contributed by atoms with Gasteiger partial charge in [-0.2, -0.15) is 5.26 Å². The van der Waals surface area contributed by atoms with E-state index in [-0.39, 0.29) is 17.7 Å². The lowest BCUT2D eigenvalue weighted by Gasteiger charge is -2.18. The molecular formula is C14H18ClN3O2. The number of rotatable bonds is 5. The van der Waals surface area contributed by atoms with Crippen LogP contribution in [-0.4, -0.2) is 23.8 Å². The van der Waals surface area contributed by atoms with Crippen LogP contribution >= 0.6 is 11.6 Å². The van der Waals surface area contributed by atoms with E-state index < -0.39 is 6.03 Å². The Morgan fingerprint density at radius 3 is 2.70 bits per heavy atom. The van der Waals surface area contributed by atoms with Crippen LogP contribution < -0.4 is 10.6 Å². The minimum Gasteiger partial charge on any atom is -0.394 e. The Morgan fingerprint density at radius 2 is 2.20 bits per heavy atom. The summed E-state index contributed by atoms with van der Waals surface area (Å²) in [4.78, 5) is 11.8. The summed E-state index contributed by atoms with van der Waals surface area (Å²) in [6.45, 7) is 3.92. The number of urea groups is 1. The Balaban J connectivity index is 2.62. The Bertz CT molecular complexity index is 512. The normalized spacial score (nSPS) is 11.8. The van der Waals surface area contributed by atoms with Crippen LogP contribution in [0.15, 0.2) is 18.2 Å². The fourth-order valence-electron chi connectivity index (χ4n) is 1.78. The Kier molecular flexibility index (Phi) is 6.29. The molecule has 2 amide bonds. The fraction of sp³-hybridized carbons (Fsp3) is 0.429. The largest absolute Gasteiger partial charge is 0.394 e. The highest BCUT2D eigenvalue weighted by atomic mass is 35.5. The van der Waals surface area contributed by atoms with Crippen molar-refractivity contribution in [2.45, 2.75) is 26.3 Å². The minimum atomic E-state index is -0.412. The molecule has 0 fully saturated rings. The highest BCUT2D eigenvalue weighted by Gasteiger charge is 2.13. The van der Waals surface area contributed by atoms with Crippen LogP contribution in [0, 0.1) is 17.2 Å². The standard InChI is InChI=1S/C14H18ClN3O2/c1-9(2)5-12(8-19)18-14(20)17-11-4-3-10(7-16)13(15)6-11/h3-4,6,9,12,19H,5,8H2,1-2H3,(H2,17,18,20). The third kappa shape index (κ3) is 5.08. The monoisotopic (exact) mass is 295 g/mol. The van der Waals surface area contributed by atoms with Crippen LogP contribution in [0.3, 0.4) is 0 Å². The molecule has 20 heavy (non-hydrogen) atoms. The number of anilines is 1. The van der Waals surface area contributed by atoms with Crippen LogP contribution in [0.2, 0.25) is 5.02 Å². The molecule has 0 aromatic heterocycles. The molecule has 1 rings (SSSR count). The molecule has 0 saturated carbocycles. The van der Waals surface area contributed by atoms with E-state index in [1.54, 1.807) is 6.07 Å². The van der Waals surface area contributed by atoms with Gasteiger partial charge in [-0.3, -0.25) is 0 Å². The van der Waals surface area contributed by atoms with Gasteiger partial charge in [-0.15, -0.1) is 0 Å². The summed E-state index contributed by atoms with van der Waals surface area (Å²) in [6.07, 6.45) is 0.693. The first-order valence-corrected chi connectivity index (χ1v) is 6.72. The quantitative estimate of drug-likeness (QED) is 0.781. The van der Waals surface area contributed by atoms with Crippen LogP contribution in [0.1, 0.15) is 25.8 Å². The van der Waals surface area contributed by atoms with Gasteiger partial charge in [-0.05, 0) is 30.5 Å². The van der Waals surface area contributed by atoms with Gasteiger partial charge in [0.2, 0.25) is 0 Å². The predicted octanol–water partition coefficient (Wildman–Crippen LogP) is 2.74. The number of aliphatic hydroxyl groups excluding tert-OH is 1. The van der Waals surface area contributed by atoms with E-state index in [2.05, 4.69) is 10.6 Å². The van der Waals surface area contributed by atoms with Gasteiger partial charge in [0.15, 0.2) is 0 Å². The molecule has 0 aliphatic rings. The second kappa shape index (κ2) is 7.73. The molecule has 0 aliphatic heterocycles. The minimum absolute atomic E-state index is 0.111. The van der Waals surface area contributed by atoms with Crippen molar-refractivity contribution in [2.24, 2.45) is 5.92 Å². The molecule has 3 N–H and O–H groups in total. The molecule has 108 valence electrons. The number of nitrogens with one attached hydrogen (secondary N) is 2. The van der Waals surface area contributed by atoms with Gasteiger partial charge >= 0.3 is 6.03 Å². The van der Waals surface area contributed by atoms with E-state index in [4.69, 9.17) is 16.9 Å². The molecule has 5 nitrogen and oxygen atoms in total. The van der Waals surface area contributed by atoms with Crippen LogP contribution in [0.25, 0.3) is 0 Å². The molecule has 0 heterocycles. The maximum absolute atomic E-state index is 11.8. The number of benzene rings is 1. The number of aliphatic hydroxyl groups is 1. The average Bonchev–Trinajstić information content (AvgIpc) is 2.37. The third-order valence-electron chi connectivity index (χ3n) is 2.66. The molecule has 1 unspecified atom stereocenters. The molecule has 0 aliphatic carbocycles. The van der Waals surface area contributed by atoms with Crippen molar-refractivity contribution in [1.82, 2.24) is 5.32 Å². The zero-order valence-electron chi connectivity index (χ0n) is 11.5. The summed E-state index contributed by atoms with van der Waals surface area (Å²) in [5.74, 6) is 0.372. The summed E-state index contributed by atoms with van der Waals surface area (Å²) < 4.78 is 0. The van der Waals surface area contributed by atoms with E-state index in [1.807, 2.05) is 19.9 Å². The van der Waals surface area contributed by atoms with E-state index in [0.29, 0.717) is 23.6 Å². The number of hydrogen-bond donors (Lipinski definition) is 3. The van der Waals surface area contributed by atoms with Crippen molar-refractivity contribution in [3.8, 4) is 6.07 Å². The first kappa shape index (κ1) is 16.3. The maximum Gasteiger partial charge on any atom is 0.319 e. The van der Waals surface area contributed by atoms with Gasteiger partial charge in [0, 0.05) is 5.69 Å². The second-order valence-electron chi connectivity index (χ2n) is 4.91. The van der Waals surface area contributed by atoms with Gasteiger partial charge in [0.1, 0.15) is 6.07 Å². The molecular weight excluding hydrogens is 278 g/mol. The Morgan fingerprint density at radius 1 is 1.50 bits per heavy atom. The number of carbonyl (C=O) groups excluding carboxylic acids is 1. The van der Waals surface area contributed by atoms with Crippen molar-refractivity contribution >= 4 is 23.3 Å². The number of halogens is 1. The second-order valence-corrected chi connectivity index (χ2v) is 5.32. The first-order chi connectivity index (χ1) is 9.46. The number of hydrogen-bond acceptors (Lipinski definition) is 3. The molecule has 1 aromatic rings. The number of carbonyl (C=O) groups is 1. The lowest BCUT2D eigenvalue weighted by atomic mass is 10.0. The Hall–Kier alpha value is -1.77. The molecule has 0 radical (unpaired) electrons. The van der Waals surface area contributed by atoms with Gasteiger partial charge in [0.25, 0.3) is 0 Å². The van der Waals surface area contributed by atoms with Gasteiger partial charge in [-0.25, -0.2) is 4.79 Å². The number of nitriles is 1. The molecule has 1 atom stereocenters. The lowest BCUT2D eigenvalue weighted by Crippen LogP contribution is -2.40. The van der Waals surface area contributed by atoms with E-state index in [9.17, 15) is 9.90 Å². The van der Waals surface area contributed by atoms with E-state index in [0.717, 1.165) is 0 Å². The highest BCUT2D eigenvalue weighted by Crippen LogP contribution is 2.20.